The van der Waals surface area contributed by atoms with Crippen molar-refractivity contribution < 1.29 is 4.79 Å². The number of nitrogens with zero attached hydrogens (tertiary/aromatic N) is 1. The second-order valence-corrected chi connectivity index (χ2v) is 5.63. The molecule has 5 heteroatoms. The van der Waals surface area contributed by atoms with Gasteiger partial charge in [0.15, 0.2) is 0 Å². The Morgan fingerprint density at radius 3 is 2.75 bits per heavy atom. The van der Waals surface area contributed by atoms with E-state index in [0.29, 0.717) is 15.7 Å². The standard InChI is InChI=1S/C11H13BrN2OS/c12-10-8(2-1-3-9(10)13)11(15)14-4-6-16-7-5-14/h1-3H,4-7,13H2. The number of halogens is 1. The number of carbonyl (C=O) groups is 1. The Hall–Kier alpha value is -0.680. The summed E-state index contributed by atoms with van der Waals surface area (Å²) in [4.78, 5) is 14.1. The molecule has 1 aliphatic heterocycles. The molecule has 16 heavy (non-hydrogen) atoms. The van der Waals surface area contributed by atoms with Gasteiger partial charge in [0.05, 0.1) is 10.0 Å². The molecule has 2 rings (SSSR count). The second kappa shape index (κ2) is 5.10. The molecule has 0 bridgehead atoms. The molecule has 1 saturated heterocycles. The smallest absolute Gasteiger partial charge is 0.255 e. The van der Waals surface area contributed by atoms with E-state index in [1.54, 1.807) is 6.07 Å². The largest absolute Gasteiger partial charge is 0.398 e. The van der Waals surface area contributed by atoms with Crippen molar-refractivity contribution in [3.8, 4) is 0 Å². The van der Waals surface area contributed by atoms with Gasteiger partial charge in [-0.1, -0.05) is 6.07 Å². The summed E-state index contributed by atoms with van der Waals surface area (Å²) in [5.41, 5.74) is 7.03. The molecule has 0 aromatic heterocycles. The van der Waals surface area contributed by atoms with E-state index in [1.165, 1.54) is 0 Å². The number of anilines is 1. The van der Waals surface area contributed by atoms with Gasteiger partial charge in [0.2, 0.25) is 0 Å². The third kappa shape index (κ3) is 2.35. The third-order valence-corrected chi connectivity index (χ3v) is 4.38. The molecule has 1 aliphatic rings. The molecular formula is C11H13BrN2OS. The molecule has 1 aromatic carbocycles. The third-order valence-electron chi connectivity index (χ3n) is 2.56. The summed E-state index contributed by atoms with van der Waals surface area (Å²) in [7, 11) is 0. The Morgan fingerprint density at radius 2 is 2.06 bits per heavy atom. The minimum Gasteiger partial charge on any atom is -0.398 e. The fraction of sp³-hybridized carbons (Fsp3) is 0.364. The van der Waals surface area contributed by atoms with E-state index in [1.807, 2.05) is 28.8 Å². The molecule has 0 spiro atoms. The van der Waals surface area contributed by atoms with Crippen molar-refractivity contribution in [3.05, 3.63) is 28.2 Å². The van der Waals surface area contributed by atoms with Crippen LogP contribution in [-0.4, -0.2) is 35.4 Å². The number of thioether (sulfide) groups is 1. The number of benzene rings is 1. The van der Waals surface area contributed by atoms with Gasteiger partial charge in [0.1, 0.15) is 0 Å². The van der Waals surface area contributed by atoms with Crippen LogP contribution < -0.4 is 5.73 Å². The van der Waals surface area contributed by atoms with Gasteiger partial charge < -0.3 is 10.6 Å². The highest BCUT2D eigenvalue weighted by Crippen LogP contribution is 2.25. The maximum absolute atomic E-state index is 12.2. The molecule has 0 radical (unpaired) electrons. The number of hydrogen-bond donors (Lipinski definition) is 1. The molecular weight excluding hydrogens is 288 g/mol. The van der Waals surface area contributed by atoms with E-state index in [2.05, 4.69) is 15.9 Å². The summed E-state index contributed by atoms with van der Waals surface area (Å²) in [5, 5.41) is 0. The van der Waals surface area contributed by atoms with Crippen LogP contribution in [0.1, 0.15) is 10.4 Å². The fourth-order valence-corrected chi connectivity index (χ4v) is 2.99. The van der Waals surface area contributed by atoms with Crippen molar-refractivity contribution >= 4 is 39.3 Å². The molecule has 0 saturated carbocycles. The summed E-state index contributed by atoms with van der Waals surface area (Å²) in [6, 6.07) is 5.41. The SMILES string of the molecule is Nc1cccc(C(=O)N2CCSCC2)c1Br. The van der Waals surface area contributed by atoms with Crippen LogP contribution in [0.15, 0.2) is 22.7 Å². The molecule has 2 N–H and O–H groups in total. The van der Waals surface area contributed by atoms with Crippen molar-refractivity contribution in [2.24, 2.45) is 0 Å². The molecule has 0 unspecified atom stereocenters. The summed E-state index contributed by atoms with van der Waals surface area (Å²) < 4.78 is 0.707. The van der Waals surface area contributed by atoms with Gasteiger partial charge in [-0.05, 0) is 28.1 Å². The molecule has 1 aromatic rings. The topological polar surface area (TPSA) is 46.3 Å². The summed E-state index contributed by atoms with van der Waals surface area (Å²) in [5.74, 6) is 2.11. The van der Waals surface area contributed by atoms with Gasteiger partial charge >= 0.3 is 0 Å². The van der Waals surface area contributed by atoms with E-state index in [4.69, 9.17) is 5.73 Å². The fourth-order valence-electron chi connectivity index (χ4n) is 1.65. The van der Waals surface area contributed by atoms with Crippen LogP contribution in [0.25, 0.3) is 0 Å². The van der Waals surface area contributed by atoms with Crippen molar-refractivity contribution in [2.75, 3.05) is 30.3 Å². The highest BCUT2D eigenvalue weighted by Gasteiger charge is 2.20. The highest BCUT2D eigenvalue weighted by atomic mass is 79.9. The minimum atomic E-state index is 0.0690. The van der Waals surface area contributed by atoms with Crippen molar-refractivity contribution in [3.63, 3.8) is 0 Å². The highest BCUT2D eigenvalue weighted by molar-refractivity contribution is 9.10. The number of rotatable bonds is 1. The van der Waals surface area contributed by atoms with Crippen LogP contribution in [0, 0.1) is 0 Å². The van der Waals surface area contributed by atoms with E-state index < -0.39 is 0 Å². The first-order chi connectivity index (χ1) is 7.70. The van der Waals surface area contributed by atoms with Gasteiger partial charge in [0, 0.05) is 30.3 Å². The van der Waals surface area contributed by atoms with Gasteiger partial charge in [0.25, 0.3) is 5.91 Å². The van der Waals surface area contributed by atoms with Gasteiger partial charge in [-0.2, -0.15) is 11.8 Å². The van der Waals surface area contributed by atoms with Crippen LogP contribution in [0.5, 0.6) is 0 Å². The molecule has 1 fully saturated rings. The molecule has 0 aliphatic carbocycles. The molecule has 86 valence electrons. The second-order valence-electron chi connectivity index (χ2n) is 3.61. The maximum atomic E-state index is 12.2. The van der Waals surface area contributed by atoms with Gasteiger partial charge in [-0.25, -0.2) is 0 Å². The van der Waals surface area contributed by atoms with Crippen LogP contribution in [-0.2, 0) is 0 Å². The van der Waals surface area contributed by atoms with Crippen molar-refractivity contribution in [1.82, 2.24) is 4.90 Å². The summed E-state index contributed by atoms with van der Waals surface area (Å²) in [6.45, 7) is 1.65. The number of hydrogen-bond acceptors (Lipinski definition) is 3. The van der Waals surface area contributed by atoms with E-state index in [9.17, 15) is 4.79 Å². The zero-order chi connectivity index (χ0) is 11.5. The molecule has 3 nitrogen and oxygen atoms in total. The van der Waals surface area contributed by atoms with Crippen LogP contribution >= 0.6 is 27.7 Å². The average molecular weight is 301 g/mol. The number of nitrogen functional groups attached to an aromatic ring is 1. The minimum absolute atomic E-state index is 0.0690. The van der Waals surface area contributed by atoms with Crippen molar-refractivity contribution in [2.45, 2.75) is 0 Å². The average Bonchev–Trinajstić information content (AvgIpc) is 2.33. The monoisotopic (exact) mass is 300 g/mol. The Kier molecular flexibility index (Phi) is 3.76. The lowest BCUT2D eigenvalue weighted by Gasteiger charge is -2.26. The first kappa shape index (κ1) is 11.8. The predicted octanol–water partition coefficient (Wildman–Crippen LogP) is 2.22. The summed E-state index contributed by atoms with van der Waals surface area (Å²) >= 11 is 5.26. The Balaban J connectivity index is 2.22. The molecule has 1 heterocycles. The Labute approximate surface area is 108 Å². The Bertz CT molecular complexity index is 405. The van der Waals surface area contributed by atoms with Crippen LogP contribution in [0.2, 0.25) is 0 Å². The van der Waals surface area contributed by atoms with Crippen LogP contribution in [0.4, 0.5) is 5.69 Å². The predicted molar refractivity (Wildman–Crippen MR) is 71.8 cm³/mol. The number of nitrogens with two attached hydrogens (primary N) is 1. The molecule has 0 atom stereocenters. The van der Waals surface area contributed by atoms with Crippen molar-refractivity contribution in [1.29, 1.82) is 0 Å². The van der Waals surface area contributed by atoms with E-state index >= 15 is 0 Å². The summed E-state index contributed by atoms with van der Waals surface area (Å²) in [6.07, 6.45) is 0. The van der Waals surface area contributed by atoms with Crippen LogP contribution in [0.3, 0.4) is 0 Å². The molecule has 1 amide bonds. The van der Waals surface area contributed by atoms with E-state index in [-0.39, 0.29) is 5.91 Å². The Morgan fingerprint density at radius 1 is 1.38 bits per heavy atom. The quantitative estimate of drug-likeness (QED) is 0.809. The zero-order valence-corrected chi connectivity index (χ0v) is 11.2. The number of carbonyl (C=O) groups excluding carboxylic acids is 1. The van der Waals surface area contributed by atoms with Gasteiger partial charge in [-0.3, -0.25) is 4.79 Å². The normalized spacial score (nSPS) is 16.2. The van der Waals surface area contributed by atoms with E-state index in [0.717, 1.165) is 24.6 Å². The lowest BCUT2D eigenvalue weighted by atomic mass is 10.1. The lowest BCUT2D eigenvalue weighted by molar-refractivity contribution is 0.0771. The maximum Gasteiger partial charge on any atom is 0.255 e. The zero-order valence-electron chi connectivity index (χ0n) is 8.78. The first-order valence-electron chi connectivity index (χ1n) is 5.11. The lowest BCUT2D eigenvalue weighted by Crippen LogP contribution is -2.38. The van der Waals surface area contributed by atoms with Gasteiger partial charge in [-0.15, -0.1) is 0 Å². The first-order valence-corrected chi connectivity index (χ1v) is 7.06. The number of amides is 1.